The van der Waals surface area contributed by atoms with Crippen molar-refractivity contribution in [3.8, 4) is 33.4 Å². The maximum atomic E-state index is 2.40. The van der Waals surface area contributed by atoms with Gasteiger partial charge in [0, 0.05) is 0 Å². The van der Waals surface area contributed by atoms with Crippen LogP contribution in [0.3, 0.4) is 0 Å². The second-order valence-electron chi connectivity index (χ2n) is 11.7. The van der Waals surface area contributed by atoms with Crippen molar-refractivity contribution in [3.05, 3.63) is 170 Å². The van der Waals surface area contributed by atoms with Gasteiger partial charge in [0.15, 0.2) is 0 Å². The smallest absolute Gasteiger partial charge is 0.00259 e. The van der Waals surface area contributed by atoms with E-state index in [4.69, 9.17) is 0 Å². The van der Waals surface area contributed by atoms with Gasteiger partial charge in [-0.3, -0.25) is 0 Å². The highest BCUT2D eigenvalue weighted by atomic mass is 14.2. The zero-order valence-electron chi connectivity index (χ0n) is 24.2. The van der Waals surface area contributed by atoms with Crippen molar-refractivity contribution in [2.45, 2.75) is 0 Å². The molecule has 0 aliphatic heterocycles. The lowest BCUT2D eigenvalue weighted by Crippen LogP contribution is -1.92. The van der Waals surface area contributed by atoms with Crippen molar-refractivity contribution in [3.63, 3.8) is 0 Å². The van der Waals surface area contributed by atoms with Crippen LogP contribution in [0.25, 0.3) is 87.2 Å². The van der Waals surface area contributed by atoms with Crippen LogP contribution in [0.2, 0.25) is 0 Å². The number of rotatable bonds is 3. The molecular weight excluding hydrogens is 528 g/mol. The SMILES string of the molecule is c1ccc(-c2cc(-c3c4ccccc4c(-c4ccc5c(ccc6ccccc65)c4)c4ccccc34)cc3ccccc23)cc1. The summed E-state index contributed by atoms with van der Waals surface area (Å²) in [5.74, 6) is 0. The Bertz CT molecular complexity index is 2480. The molecule has 0 spiro atoms. The molecule has 0 N–H and O–H groups in total. The average Bonchev–Trinajstić information content (AvgIpc) is 3.10. The first-order valence-electron chi connectivity index (χ1n) is 15.3. The Balaban J connectivity index is 1.36. The molecule has 0 heterocycles. The van der Waals surface area contributed by atoms with Gasteiger partial charge in [-0.25, -0.2) is 0 Å². The highest BCUT2D eigenvalue weighted by molar-refractivity contribution is 6.23. The molecule has 9 rings (SSSR count). The molecule has 0 atom stereocenters. The Labute approximate surface area is 256 Å². The Hall–Kier alpha value is -5.72. The molecule has 0 fully saturated rings. The summed E-state index contributed by atoms with van der Waals surface area (Å²) in [6.07, 6.45) is 0. The summed E-state index contributed by atoms with van der Waals surface area (Å²) in [7, 11) is 0. The zero-order valence-corrected chi connectivity index (χ0v) is 24.2. The fourth-order valence-corrected chi connectivity index (χ4v) is 7.23. The Morgan fingerprint density at radius 1 is 0.227 bits per heavy atom. The number of hydrogen-bond acceptors (Lipinski definition) is 0. The summed E-state index contributed by atoms with van der Waals surface area (Å²) in [5.41, 5.74) is 7.56. The average molecular weight is 557 g/mol. The van der Waals surface area contributed by atoms with Crippen LogP contribution < -0.4 is 0 Å². The molecule has 0 radical (unpaired) electrons. The summed E-state index contributed by atoms with van der Waals surface area (Å²) in [5, 5.41) is 12.8. The lowest BCUT2D eigenvalue weighted by Gasteiger charge is -2.19. The van der Waals surface area contributed by atoms with Crippen molar-refractivity contribution in [1.29, 1.82) is 0 Å². The standard InChI is InChI=1S/C44H28/c1-2-12-29(13-3-1)42-28-34(27-31-15-5-7-17-36(31)42)44-40-20-10-8-18-38(40)43(39-19-9-11-21-41(39)44)33-24-25-37-32(26-33)23-22-30-14-4-6-16-35(30)37/h1-28H. The van der Waals surface area contributed by atoms with Crippen LogP contribution in [0.1, 0.15) is 0 Å². The van der Waals surface area contributed by atoms with Crippen LogP contribution in [-0.4, -0.2) is 0 Å². The van der Waals surface area contributed by atoms with Crippen molar-refractivity contribution < 1.29 is 0 Å². The van der Waals surface area contributed by atoms with Gasteiger partial charge in [-0.2, -0.15) is 0 Å². The van der Waals surface area contributed by atoms with Crippen LogP contribution in [0, 0.1) is 0 Å². The molecule has 0 nitrogen and oxygen atoms in total. The maximum Gasteiger partial charge on any atom is -0.00259 e. The van der Waals surface area contributed by atoms with Crippen molar-refractivity contribution >= 4 is 53.9 Å². The first-order valence-corrected chi connectivity index (χ1v) is 15.3. The largest absolute Gasteiger partial charge is 0.0622 e. The molecule has 0 saturated carbocycles. The van der Waals surface area contributed by atoms with E-state index in [-0.39, 0.29) is 0 Å². The maximum absolute atomic E-state index is 2.40. The third kappa shape index (κ3) is 3.85. The highest BCUT2D eigenvalue weighted by Gasteiger charge is 2.18. The molecule has 0 aliphatic rings. The second-order valence-corrected chi connectivity index (χ2v) is 11.7. The molecule has 0 saturated heterocycles. The van der Waals surface area contributed by atoms with Crippen molar-refractivity contribution in [2.75, 3.05) is 0 Å². The number of fused-ring (bicyclic) bond motifs is 6. The van der Waals surface area contributed by atoms with Crippen LogP contribution in [0.4, 0.5) is 0 Å². The third-order valence-corrected chi connectivity index (χ3v) is 9.20. The zero-order chi connectivity index (χ0) is 29.0. The van der Waals surface area contributed by atoms with Gasteiger partial charge >= 0.3 is 0 Å². The molecule has 9 aromatic carbocycles. The van der Waals surface area contributed by atoms with E-state index >= 15 is 0 Å². The van der Waals surface area contributed by atoms with E-state index in [0.29, 0.717) is 0 Å². The molecule has 0 aliphatic carbocycles. The van der Waals surface area contributed by atoms with Crippen LogP contribution in [0.15, 0.2) is 170 Å². The number of hydrogen-bond donors (Lipinski definition) is 0. The minimum absolute atomic E-state index is 1.24. The van der Waals surface area contributed by atoms with E-state index in [0.717, 1.165) is 0 Å². The molecule has 0 aromatic heterocycles. The second kappa shape index (κ2) is 9.93. The lowest BCUT2D eigenvalue weighted by molar-refractivity contribution is 1.64. The van der Waals surface area contributed by atoms with E-state index in [9.17, 15) is 0 Å². The summed E-state index contributed by atoms with van der Waals surface area (Å²) < 4.78 is 0. The Morgan fingerprint density at radius 3 is 1.36 bits per heavy atom. The first kappa shape index (κ1) is 24.8. The van der Waals surface area contributed by atoms with Gasteiger partial charge in [-0.15, -0.1) is 0 Å². The van der Waals surface area contributed by atoms with Crippen LogP contribution in [0.5, 0.6) is 0 Å². The molecule has 44 heavy (non-hydrogen) atoms. The fourth-order valence-electron chi connectivity index (χ4n) is 7.23. The molecule has 0 unspecified atom stereocenters. The van der Waals surface area contributed by atoms with Gasteiger partial charge in [-0.05, 0) is 105 Å². The van der Waals surface area contributed by atoms with Gasteiger partial charge in [0.2, 0.25) is 0 Å². The lowest BCUT2D eigenvalue weighted by atomic mass is 9.84. The minimum atomic E-state index is 1.24. The van der Waals surface area contributed by atoms with Crippen LogP contribution in [-0.2, 0) is 0 Å². The predicted octanol–water partition coefficient (Wildman–Crippen LogP) is 12.5. The van der Waals surface area contributed by atoms with E-state index in [2.05, 4.69) is 170 Å². The summed E-state index contributed by atoms with van der Waals surface area (Å²) in [6.45, 7) is 0. The summed E-state index contributed by atoms with van der Waals surface area (Å²) in [4.78, 5) is 0. The van der Waals surface area contributed by atoms with Crippen molar-refractivity contribution in [2.24, 2.45) is 0 Å². The molecule has 204 valence electrons. The minimum Gasteiger partial charge on any atom is -0.0622 e. The summed E-state index contributed by atoms with van der Waals surface area (Å²) in [6, 6.07) is 62.4. The highest BCUT2D eigenvalue weighted by Crippen LogP contribution is 2.46. The van der Waals surface area contributed by atoms with Gasteiger partial charge in [-0.1, -0.05) is 152 Å². The molecule has 0 amide bonds. The topological polar surface area (TPSA) is 0 Å². The van der Waals surface area contributed by atoms with Crippen molar-refractivity contribution in [1.82, 2.24) is 0 Å². The van der Waals surface area contributed by atoms with Gasteiger partial charge in [0.25, 0.3) is 0 Å². The van der Waals surface area contributed by atoms with E-state index in [1.165, 1.54) is 87.2 Å². The summed E-state index contributed by atoms with van der Waals surface area (Å²) >= 11 is 0. The Morgan fingerprint density at radius 2 is 0.682 bits per heavy atom. The predicted molar refractivity (Wildman–Crippen MR) is 190 cm³/mol. The van der Waals surface area contributed by atoms with Gasteiger partial charge in [0.05, 0.1) is 0 Å². The fraction of sp³-hybridized carbons (Fsp3) is 0. The Kier molecular flexibility index (Phi) is 5.61. The number of benzene rings is 9. The first-order chi connectivity index (χ1) is 21.8. The van der Waals surface area contributed by atoms with E-state index < -0.39 is 0 Å². The third-order valence-electron chi connectivity index (χ3n) is 9.20. The monoisotopic (exact) mass is 556 g/mol. The molecular formula is C44H28. The van der Waals surface area contributed by atoms with E-state index in [1.807, 2.05) is 0 Å². The molecule has 9 aromatic rings. The normalized spacial score (nSPS) is 11.6. The van der Waals surface area contributed by atoms with Crippen LogP contribution >= 0.6 is 0 Å². The van der Waals surface area contributed by atoms with Gasteiger partial charge in [0.1, 0.15) is 0 Å². The van der Waals surface area contributed by atoms with Gasteiger partial charge < -0.3 is 0 Å². The quantitative estimate of drug-likeness (QED) is 0.150. The molecule has 0 bridgehead atoms. The van der Waals surface area contributed by atoms with E-state index in [1.54, 1.807) is 0 Å². The molecule has 0 heteroatoms.